The highest BCUT2D eigenvalue weighted by atomic mass is 35.5. The van der Waals surface area contributed by atoms with Crippen molar-refractivity contribution in [2.45, 2.75) is 4.90 Å². The number of benzene rings is 1. The SMILES string of the molecule is C=CC(=O)NS(=O)(=O)c1ccccc1Cl. The van der Waals surface area contributed by atoms with E-state index in [1.807, 2.05) is 0 Å². The third kappa shape index (κ3) is 2.81. The summed E-state index contributed by atoms with van der Waals surface area (Å²) in [6.45, 7) is 3.15. The second-order valence-electron chi connectivity index (χ2n) is 2.60. The van der Waals surface area contributed by atoms with Gasteiger partial charge in [-0.3, -0.25) is 4.79 Å². The zero-order valence-electron chi connectivity index (χ0n) is 7.60. The summed E-state index contributed by atoms with van der Waals surface area (Å²) in [5.74, 6) is -0.796. The number of amides is 1. The molecule has 6 heteroatoms. The first kappa shape index (κ1) is 11.7. The molecule has 1 amide bonds. The number of rotatable bonds is 3. The van der Waals surface area contributed by atoms with Gasteiger partial charge in [-0.1, -0.05) is 30.3 Å². The van der Waals surface area contributed by atoms with Crippen LogP contribution in [0.25, 0.3) is 0 Å². The molecule has 0 aromatic heterocycles. The van der Waals surface area contributed by atoms with Gasteiger partial charge in [0.1, 0.15) is 4.90 Å². The van der Waals surface area contributed by atoms with Gasteiger partial charge in [0.05, 0.1) is 5.02 Å². The van der Waals surface area contributed by atoms with Crippen LogP contribution < -0.4 is 4.72 Å². The van der Waals surface area contributed by atoms with Crippen molar-refractivity contribution >= 4 is 27.5 Å². The minimum Gasteiger partial charge on any atom is -0.269 e. The van der Waals surface area contributed by atoms with E-state index in [1.54, 1.807) is 10.8 Å². The van der Waals surface area contributed by atoms with E-state index in [0.717, 1.165) is 6.08 Å². The first-order valence-corrected chi connectivity index (χ1v) is 5.77. The monoisotopic (exact) mass is 245 g/mol. The molecule has 1 aromatic carbocycles. The van der Waals surface area contributed by atoms with Gasteiger partial charge in [-0.05, 0) is 18.2 Å². The van der Waals surface area contributed by atoms with E-state index >= 15 is 0 Å². The number of carbonyl (C=O) groups excluding carboxylic acids is 1. The fraction of sp³-hybridized carbons (Fsp3) is 0. The van der Waals surface area contributed by atoms with Crippen molar-refractivity contribution in [1.29, 1.82) is 0 Å². The topological polar surface area (TPSA) is 63.2 Å². The fourth-order valence-corrected chi connectivity index (χ4v) is 2.37. The maximum Gasteiger partial charge on any atom is 0.265 e. The van der Waals surface area contributed by atoms with Crippen LogP contribution >= 0.6 is 11.6 Å². The molecule has 0 fully saturated rings. The first-order chi connectivity index (χ1) is 6.97. The van der Waals surface area contributed by atoms with Crippen LogP contribution in [0, 0.1) is 0 Å². The van der Waals surface area contributed by atoms with E-state index in [2.05, 4.69) is 6.58 Å². The second kappa shape index (κ2) is 4.46. The van der Waals surface area contributed by atoms with Crippen LogP contribution in [-0.4, -0.2) is 14.3 Å². The lowest BCUT2D eigenvalue weighted by Gasteiger charge is -2.05. The van der Waals surface area contributed by atoms with E-state index in [0.29, 0.717) is 0 Å². The maximum absolute atomic E-state index is 11.6. The lowest BCUT2D eigenvalue weighted by molar-refractivity contribution is -0.114. The quantitative estimate of drug-likeness (QED) is 0.818. The van der Waals surface area contributed by atoms with Gasteiger partial charge < -0.3 is 0 Å². The summed E-state index contributed by atoms with van der Waals surface area (Å²) in [5, 5.41) is 0.0573. The van der Waals surface area contributed by atoms with Gasteiger partial charge in [-0.2, -0.15) is 0 Å². The Balaban J connectivity index is 3.12. The van der Waals surface area contributed by atoms with Gasteiger partial charge in [0, 0.05) is 0 Å². The van der Waals surface area contributed by atoms with Gasteiger partial charge in [0.15, 0.2) is 0 Å². The van der Waals surface area contributed by atoms with Crippen molar-refractivity contribution in [3.8, 4) is 0 Å². The molecule has 0 saturated heterocycles. The molecule has 1 aromatic rings. The standard InChI is InChI=1S/C9H8ClNO3S/c1-2-9(12)11-15(13,14)8-6-4-3-5-7(8)10/h2-6H,1H2,(H,11,12). The Bertz CT molecular complexity index is 496. The highest BCUT2D eigenvalue weighted by Gasteiger charge is 2.18. The van der Waals surface area contributed by atoms with E-state index in [1.165, 1.54) is 18.2 Å². The van der Waals surface area contributed by atoms with Crippen LogP contribution in [0.4, 0.5) is 0 Å². The van der Waals surface area contributed by atoms with Crippen molar-refractivity contribution in [3.63, 3.8) is 0 Å². The molecule has 15 heavy (non-hydrogen) atoms. The molecule has 0 unspecified atom stereocenters. The molecule has 0 saturated carbocycles. The lowest BCUT2D eigenvalue weighted by atomic mass is 10.4. The number of hydrogen-bond acceptors (Lipinski definition) is 3. The molecular formula is C9H8ClNO3S. The molecule has 0 bridgehead atoms. The van der Waals surface area contributed by atoms with Crippen LogP contribution in [0.2, 0.25) is 5.02 Å². The summed E-state index contributed by atoms with van der Waals surface area (Å²) in [7, 11) is -3.91. The summed E-state index contributed by atoms with van der Waals surface area (Å²) < 4.78 is 24.9. The zero-order chi connectivity index (χ0) is 11.5. The molecule has 1 N–H and O–H groups in total. The number of sulfonamides is 1. The number of carbonyl (C=O) groups is 1. The van der Waals surface area contributed by atoms with E-state index in [9.17, 15) is 13.2 Å². The third-order valence-electron chi connectivity index (χ3n) is 1.55. The minimum atomic E-state index is -3.91. The minimum absolute atomic E-state index is 0.0573. The summed E-state index contributed by atoms with van der Waals surface area (Å²) in [6, 6.07) is 5.84. The smallest absolute Gasteiger partial charge is 0.265 e. The normalized spacial score (nSPS) is 10.7. The van der Waals surface area contributed by atoms with Crippen molar-refractivity contribution in [2.75, 3.05) is 0 Å². The Morgan fingerprint density at radius 2 is 2.00 bits per heavy atom. The Hall–Kier alpha value is -1.33. The van der Waals surface area contributed by atoms with Crippen LogP contribution in [0.5, 0.6) is 0 Å². The predicted molar refractivity (Wildman–Crippen MR) is 57.0 cm³/mol. The van der Waals surface area contributed by atoms with Gasteiger partial charge in [-0.15, -0.1) is 0 Å². The van der Waals surface area contributed by atoms with E-state index < -0.39 is 15.9 Å². The second-order valence-corrected chi connectivity index (χ2v) is 4.66. The molecule has 0 atom stereocenters. The molecule has 0 aliphatic carbocycles. The Morgan fingerprint density at radius 3 is 2.53 bits per heavy atom. The third-order valence-corrected chi connectivity index (χ3v) is 3.39. The van der Waals surface area contributed by atoms with Crippen molar-refractivity contribution in [1.82, 2.24) is 4.72 Å². The maximum atomic E-state index is 11.6. The Morgan fingerprint density at radius 1 is 1.40 bits per heavy atom. The molecule has 0 spiro atoms. The largest absolute Gasteiger partial charge is 0.269 e. The first-order valence-electron chi connectivity index (χ1n) is 3.91. The summed E-state index contributed by atoms with van der Waals surface area (Å²) in [5.41, 5.74) is 0. The molecular weight excluding hydrogens is 238 g/mol. The van der Waals surface area contributed by atoms with Crippen LogP contribution in [0.15, 0.2) is 41.8 Å². The summed E-state index contributed by atoms with van der Waals surface area (Å²) in [4.78, 5) is 10.7. The predicted octanol–water partition coefficient (Wildman–Crippen LogP) is 1.33. The van der Waals surface area contributed by atoms with Gasteiger partial charge in [0.25, 0.3) is 15.9 Å². The zero-order valence-corrected chi connectivity index (χ0v) is 9.18. The molecule has 80 valence electrons. The molecule has 0 aliphatic rings. The molecule has 1 rings (SSSR count). The van der Waals surface area contributed by atoms with Crippen LogP contribution in [0.3, 0.4) is 0 Å². The fourth-order valence-electron chi connectivity index (χ4n) is 0.892. The highest BCUT2D eigenvalue weighted by molar-refractivity contribution is 7.90. The molecule has 0 aliphatic heterocycles. The van der Waals surface area contributed by atoms with Crippen molar-refractivity contribution in [3.05, 3.63) is 41.9 Å². The van der Waals surface area contributed by atoms with Crippen LogP contribution in [0.1, 0.15) is 0 Å². The average molecular weight is 246 g/mol. The number of nitrogens with one attached hydrogen (secondary N) is 1. The lowest BCUT2D eigenvalue weighted by Crippen LogP contribution is -2.29. The van der Waals surface area contributed by atoms with Gasteiger partial charge in [-0.25, -0.2) is 13.1 Å². The Labute approximate surface area is 92.6 Å². The van der Waals surface area contributed by atoms with Gasteiger partial charge >= 0.3 is 0 Å². The van der Waals surface area contributed by atoms with E-state index in [-0.39, 0.29) is 9.92 Å². The molecule has 0 radical (unpaired) electrons. The molecule has 0 heterocycles. The molecule has 4 nitrogen and oxygen atoms in total. The van der Waals surface area contributed by atoms with Gasteiger partial charge in [0.2, 0.25) is 0 Å². The number of halogens is 1. The van der Waals surface area contributed by atoms with Crippen molar-refractivity contribution in [2.24, 2.45) is 0 Å². The Kier molecular flexibility index (Phi) is 3.49. The summed E-state index contributed by atoms with van der Waals surface area (Å²) in [6.07, 6.45) is 0.869. The van der Waals surface area contributed by atoms with E-state index in [4.69, 9.17) is 11.6 Å². The average Bonchev–Trinajstić information content (AvgIpc) is 2.17. The summed E-state index contributed by atoms with van der Waals surface area (Å²) >= 11 is 5.68. The van der Waals surface area contributed by atoms with Crippen molar-refractivity contribution < 1.29 is 13.2 Å². The van der Waals surface area contributed by atoms with Crippen LogP contribution in [-0.2, 0) is 14.8 Å². The number of hydrogen-bond donors (Lipinski definition) is 1. The highest BCUT2D eigenvalue weighted by Crippen LogP contribution is 2.19.